The summed E-state index contributed by atoms with van der Waals surface area (Å²) in [6, 6.07) is 7.09. The van der Waals surface area contributed by atoms with Crippen molar-refractivity contribution in [2.75, 3.05) is 5.32 Å². The minimum absolute atomic E-state index is 0.133. The highest BCUT2D eigenvalue weighted by atomic mass is 35.5. The Kier molecular flexibility index (Phi) is 3.76. The standard InChI is InChI=1S/C12H11ClN2OS/c1-2-8-6-7-17-11(8)12(16)15-10-5-3-4-9(13)14-10/h3-7H,2H2,1H3,(H,14,15,16). The van der Waals surface area contributed by atoms with Crippen LogP contribution in [0.1, 0.15) is 22.2 Å². The minimum Gasteiger partial charge on any atom is -0.306 e. The van der Waals surface area contributed by atoms with Crippen LogP contribution in [0.3, 0.4) is 0 Å². The normalized spacial score (nSPS) is 10.2. The van der Waals surface area contributed by atoms with Gasteiger partial charge in [-0.05, 0) is 35.6 Å². The van der Waals surface area contributed by atoms with Crippen LogP contribution < -0.4 is 5.32 Å². The van der Waals surface area contributed by atoms with Gasteiger partial charge < -0.3 is 5.32 Å². The average molecular weight is 267 g/mol. The number of aromatic nitrogens is 1. The molecular formula is C12H11ClN2OS. The number of hydrogen-bond donors (Lipinski definition) is 1. The van der Waals surface area contributed by atoms with Gasteiger partial charge in [-0.3, -0.25) is 4.79 Å². The van der Waals surface area contributed by atoms with E-state index >= 15 is 0 Å². The first-order chi connectivity index (χ1) is 8.20. The zero-order valence-electron chi connectivity index (χ0n) is 9.24. The molecule has 0 aliphatic heterocycles. The van der Waals surface area contributed by atoms with Gasteiger partial charge in [0.2, 0.25) is 0 Å². The van der Waals surface area contributed by atoms with E-state index in [9.17, 15) is 4.79 Å². The van der Waals surface area contributed by atoms with Crippen molar-refractivity contribution in [3.63, 3.8) is 0 Å². The van der Waals surface area contributed by atoms with Crippen molar-refractivity contribution in [2.24, 2.45) is 0 Å². The van der Waals surface area contributed by atoms with E-state index in [0.717, 1.165) is 16.9 Å². The lowest BCUT2D eigenvalue weighted by molar-refractivity contribution is 0.102. The molecule has 1 amide bonds. The van der Waals surface area contributed by atoms with E-state index in [1.165, 1.54) is 11.3 Å². The number of carbonyl (C=O) groups is 1. The van der Waals surface area contributed by atoms with Gasteiger partial charge in [0.1, 0.15) is 11.0 Å². The van der Waals surface area contributed by atoms with Crippen LogP contribution in [0.15, 0.2) is 29.6 Å². The summed E-state index contributed by atoms with van der Waals surface area (Å²) in [4.78, 5) is 16.7. The highest BCUT2D eigenvalue weighted by Crippen LogP contribution is 2.19. The van der Waals surface area contributed by atoms with Gasteiger partial charge in [0.05, 0.1) is 4.88 Å². The molecule has 0 fully saturated rings. The van der Waals surface area contributed by atoms with Crippen molar-refractivity contribution in [3.05, 3.63) is 45.2 Å². The van der Waals surface area contributed by atoms with Gasteiger partial charge in [-0.15, -0.1) is 11.3 Å². The maximum atomic E-state index is 12.0. The number of hydrogen-bond acceptors (Lipinski definition) is 3. The van der Waals surface area contributed by atoms with Crippen LogP contribution >= 0.6 is 22.9 Å². The maximum Gasteiger partial charge on any atom is 0.267 e. The molecule has 2 heterocycles. The van der Waals surface area contributed by atoms with E-state index in [2.05, 4.69) is 10.3 Å². The lowest BCUT2D eigenvalue weighted by Crippen LogP contribution is -2.12. The van der Waals surface area contributed by atoms with Crippen LogP contribution in [-0.4, -0.2) is 10.9 Å². The molecule has 17 heavy (non-hydrogen) atoms. The van der Waals surface area contributed by atoms with Crippen LogP contribution in [0.2, 0.25) is 5.15 Å². The highest BCUT2D eigenvalue weighted by Gasteiger charge is 2.12. The monoisotopic (exact) mass is 266 g/mol. The number of thiophene rings is 1. The van der Waals surface area contributed by atoms with Gasteiger partial charge in [-0.25, -0.2) is 4.98 Å². The number of pyridine rings is 1. The molecule has 2 aromatic rings. The summed E-state index contributed by atoms with van der Waals surface area (Å²) in [7, 11) is 0. The Balaban J connectivity index is 2.17. The van der Waals surface area contributed by atoms with Crippen LogP contribution in [0.25, 0.3) is 0 Å². The van der Waals surface area contributed by atoms with E-state index < -0.39 is 0 Å². The molecule has 0 saturated heterocycles. The first-order valence-corrected chi connectivity index (χ1v) is 6.46. The number of nitrogens with zero attached hydrogens (tertiary/aromatic N) is 1. The Morgan fingerprint density at radius 3 is 3.00 bits per heavy atom. The van der Waals surface area contributed by atoms with E-state index in [1.807, 2.05) is 18.4 Å². The molecule has 0 atom stereocenters. The summed E-state index contributed by atoms with van der Waals surface area (Å²) < 4.78 is 0. The summed E-state index contributed by atoms with van der Waals surface area (Å²) in [5.41, 5.74) is 1.05. The first-order valence-electron chi connectivity index (χ1n) is 5.21. The molecule has 3 nitrogen and oxygen atoms in total. The molecule has 0 saturated carbocycles. The van der Waals surface area contributed by atoms with Crippen LogP contribution in [0.4, 0.5) is 5.82 Å². The third kappa shape index (κ3) is 2.84. The largest absolute Gasteiger partial charge is 0.306 e. The predicted molar refractivity (Wildman–Crippen MR) is 70.9 cm³/mol. The second kappa shape index (κ2) is 5.29. The molecule has 0 aliphatic rings. The quantitative estimate of drug-likeness (QED) is 0.863. The van der Waals surface area contributed by atoms with Crippen LogP contribution in [-0.2, 0) is 6.42 Å². The molecule has 5 heteroatoms. The fourth-order valence-electron chi connectivity index (χ4n) is 1.46. The van der Waals surface area contributed by atoms with Crippen molar-refractivity contribution in [1.29, 1.82) is 0 Å². The maximum absolute atomic E-state index is 12.0. The smallest absolute Gasteiger partial charge is 0.267 e. The number of carbonyl (C=O) groups excluding carboxylic acids is 1. The number of nitrogens with one attached hydrogen (secondary N) is 1. The van der Waals surface area contributed by atoms with Gasteiger partial charge in [-0.2, -0.15) is 0 Å². The number of aryl methyl sites for hydroxylation is 1. The molecule has 0 spiro atoms. The third-order valence-electron chi connectivity index (χ3n) is 2.29. The summed E-state index contributed by atoms with van der Waals surface area (Å²) in [5, 5.41) is 5.02. The molecule has 2 aromatic heterocycles. The zero-order chi connectivity index (χ0) is 12.3. The molecule has 0 radical (unpaired) electrons. The topological polar surface area (TPSA) is 42.0 Å². The summed E-state index contributed by atoms with van der Waals surface area (Å²) in [6.45, 7) is 2.02. The van der Waals surface area contributed by atoms with Gasteiger partial charge in [-0.1, -0.05) is 24.6 Å². The summed E-state index contributed by atoms with van der Waals surface area (Å²) in [5.74, 6) is 0.338. The molecule has 0 unspecified atom stereocenters. The average Bonchev–Trinajstić information content (AvgIpc) is 2.77. The Labute approximate surface area is 108 Å². The molecule has 1 N–H and O–H groups in total. The second-order valence-corrected chi connectivity index (χ2v) is 4.73. The van der Waals surface area contributed by atoms with Gasteiger partial charge >= 0.3 is 0 Å². The number of anilines is 1. The lowest BCUT2D eigenvalue weighted by Gasteiger charge is -2.04. The fraction of sp³-hybridized carbons (Fsp3) is 0.167. The summed E-state index contributed by atoms with van der Waals surface area (Å²) in [6.07, 6.45) is 0.842. The Bertz CT molecular complexity index is 539. The van der Waals surface area contributed by atoms with E-state index in [-0.39, 0.29) is 5.91 Å². The van der Waals surface area contributed by atoms with Gasteiger partial charge in [0, 0.05) is 0 Å². The zero-order valence-corrected chi connectivity index (χ0v) is 10.8. The van der Waals surface area contributed by atoms with Crippen molar-refractivity contribution < 1.29 is 4.79 Å². The van der Waals surface area contributed by atoms with E-state index in [1.54, 1.807) is 18.2 Å². The van der Waals surface area contributed by atoms with E-state index in [4.69, 9.17) is 11.6 Å². The molecule has 0 aliphatic carbocycles. The lowest BCUT2D eigenvalue weighted by atomic mass is 10.2. The Hall–Kier alpha value is -1.39. The first kappa shape index (κ1) is 12.1. The second-order valence-electron chi connectivity index (χ2n) is 3.43. The van der Waals surface area contributed by atoms with Crippen molar-refractivity contribution in [1.82, 2.24) is 4.98 Å². The minimum atomic E-state index is -0.133. The third-order valence-corrected chi connectivity index (χ3v) is 3.46. The van der Waals surface area contributed by atoms with Crippen LogP contribution in [0.5, 0.6) is 0 Å². The van der Waals surface area contributed by atoms with Crippen molar-refractivity contribution >= 4 is 34.7 Å². The van der Waals surface area contributed by atoms with Gasteiger partial charge in [0.25, 0.3) is 5.91 Å². The Morgan fingerprint density at radius 2 is 2.29 bits per heavy atom. The number of halogens is 1. The predicted octanol–water partition coefficient (Wildman–Crippen LogP) is 3.61. The molecular weight excluding hydrogens is 256 g/mol. The highest BCUT2D eigenvalue weighted by molar-refractivity contribution is 7.12. The van der Waals surface area contributed by atoms with E-state index in [0.29, 0.717) is 11.0 Å². The number of amides is 1. The van der Waals surface area contributed by atoms with Gasteiger partial charge in [0.15, 0.2) is 0 Å². The number of rotatable bonds is 3. The van der Waals surface area contributed by atoms with Crippen molar-refractivity contribution in [3.8, 4) is 0 Å². The molecule has 88 valence electrons. The van der Waals surface area contributed by atoms with Crippen LogP contribution in [0, 0.1) is 0 Å². The fourth-order valence-corrected chi connectivity index (χ4v) is 2.52. The molecule has 0 aromatic carbocycles. The summed E-state index contributed by atoms with van der Waals surface area (Å²) >= 11 is 7.18. The molecule has 2 rings (SSSR count). The van der Waals surface area contributed by atoms with Crippen molar-refractivity contribution in [2.45, 2.75) is 13.3 Å². The SMILES string of the molecule is CCc1ccsc1C(=O)Nc1cccc(Cl)n1. The molecule has 0 bridgehead atoms. The Morgan fingerprint density at radius 1 is 1.47 bits per heavy atom.